The Balaban J connectivity index is 1.36. The number of rotatable bonds is 6. The number of sulfonamides is 1. The highest BCUT2D eigenvalue weighted by molar-refractivity contribution is 7.88. The van der Waals surface area contributed by atoms with Gasteiger partial charge in [0, 0.05) is 12.1 Å². The van der Waals surface area contributed by atoms with Crippen LogP contribution < -0.4 is 5.32 Å². The van der Waals surface area contributed by atoms with Gasteiger partial charge in [-0.05, 0) is 81.8 Å². The predicted octanol–water partition coefficient (Wildman–Crippen LogP) is 4.17. The van der Waals surface area contributed by atoms with Crippen LogP contribution in [0.25, 0.3) is 0 Å². The molecule has 2 fully saturated rings. The molecule has 2 aromatic rings. The first-order chi connectivity index (χ1) is 16.0. The van der Waals surface area contributed by atoms with E-state index in [9.17, 15) is 17.6 Å². The summed E-state index contributed by atoms with van der Waals surface area (Å²) in [6, 6.07) is 14.0. The average Bonchev–Trinajstić information content (AvgIpc) is 3.04. The van der Waals surface area contributed by atoms with Gasteiger partial charge >= 0.3 is 0 Å². The number of hydrogen-bond acceptors (Lipinski definition) is 4. The molecular formula is C26H34FN3O3S. The molecule has 34 heavy (non-hydrogen) atoms. The van der Waals surface area contributed by atoms with E-state index in [-0.39, 0.29) is 29.3 Å². The number of carbonyl (C=O) groups excluding carboxylic acids is 1. The Bertz CT molecular complexity index is 1140. The zero-order chi connectivity index (χ0) is 24.6. The van der Waals surface area contributed by atoms with E-state index in [0.29, 0.717) is 19.6 Å². The summed E-state index contributed by atoms with van der Waals surface area (Å²) < 4.78 is 42.3. The minimum atomic E-state index is -3.45. The minimum absolute atomic E-state index is 0.00909. The molecule has 4 rings (SSSR count). The van der Waals surface area contributed by atoms with Gasteiger partial charge in [0.1, 0.15) is 5.82 Å². The molecule has 0 aromatic heterocycles. The van der Waals surface area contributed by atoms with E-state index >= 15 is 0 Å². The van der Waals surface area contributed by atoms with Crippen LogP contribution in [0.2, 0.25) is 0 Å². The summed E-state index contributed by atoms with van der Waals surface area (Å²) in [7, 11) is -3.45. The summed E-state index contributed by atoms with van der Waals surface area (Å²) >= 11 is 0. The lowest BCUT2D eigenvalue weighted by molar-refractivity contribution is -0.117. The molecule has 0 unspecified atom stereocenters. The van der Waals surface area contributed by atoms with Crippen LogP contribution in [0.15, 0.2) is 48.5 Å². The topological polar surface area (TPSA) is 69.7 Å². The van der Waals surface area contributed by atoms with Crippen molar-refractivity contribution < 1.29 is 17.6 Å². The Kier molecular flexibility index (Phi) is 6.86. The van der Waals surface area contributed by atoms with Crippen molar-refractivity contribution >= 4 is 21.6 Å². The third kappa shape index (κ3) is 5.50. The van der Waals surface area contributed by atoms with E-state index in [1.54, 1.807) is 16.4 Å². The number of carbonyl (C=O) groups is 1. The maximum atomic E-state index is 14.0. The number of halogens is 1. The molecule has 0 radical (unpaired) electrons. The number of piperidine rings is 1. The number of nitrogens with one attached hydrogen (secondary N) is 1. The molecule has 1 amide bonds. The van der Waals surface area contributed by atoms with Gasteiger partial charge in [-0.25, -0.2) is 12.8 Å². The van der Waals surface area contributed by atoms with Crippen LogP contribution >= 0.6 is 0 Å². The Morgan fingerprint density at radius 2 is 1.76 bits per heavy atom. The molecule has 0 saturated carbocycles. The molecule has 1 N–H and O–H groups in total. The normalized spacial score (nSPS) is 20.5. The first kappa shape index (κ1) is 24.8. The summed E-state index contributed by atoms with van der Waals surface area (Å²) in [5.74, 6) is -0.671. The highest BCUT2D eigenvalue weighted by Gasteiger charge is 2.53. The van der Waals surface area contributed by atoms with Crippen molar-refractivity contribution in [1.82, 2.24) is 9.21 Å². The van der Waals surface area contributed by atoms with Crippen molar-refractivity contribution in [2.45, 2.75) is 51.3 Å². The van der Waals surface area contributed by atoms with Crippen LogP contribution in [0.4, 0.5) is 10.1 Å². The summed E-state index contributed by atoms with van der Waals surface area (Å²) in [4.78, 5) is 14.6. The monoisotopic (exact) mass is 487 g/mol. The number of amides is 1. The molecular weight excluding hydrogens is 453 g/mol. The number of hydrogen-bond donors (Lipinski definition) is 1. The fourth-order valence-corrected chi connectivity index (χ4v) is 7.62. The van der Waals surface area contributed by atoms with E-state index in [1.807, 2.05) is 51.1 Å². The summed E-state index contributed by atoms with van der Waals surface area (Å²) in [5.41, 5.74) is 1.35. The van der Waals surface area contributed by atoms with Gasteiger partial charge in [-0.2, -0.15) is 4.31 Å². The van der Waals surface area contributed by atoms with Crippen LogP contribution in [-0.2, 0) is 20.6 Å². The van der Waals surface area contributed by atoms with Crippen LogP contribution in [0.3, 0.4) is 0 Å². The number of nitrogens with zero attached hydrogens (tertiary/aromatic N) is 2. The molecule has 8 heteroatoms. The number of anilines is 1. The van der Waals surface area contributed by atoms with Gasteiger partial charge in [0.25, 0.3) is 0 Å². The van der Waals surface area contributed by atoms with Crippen molar-refractivity contribution in [3.05, 3.63) is 65.5 Å². The molecule has 2 saturated heterocycles. The lowest BCUT2D eigenvalue weighted by atomic mass is 9.74. The van der Waals surface area contributed by atoms with Gasteiger partial charge in [0.15, 0.2) is 0 Å². The average molecular weight is 488 g/mol. The quantitative estimate of drug-likeness (QED) is 0.664. The van der Waals surface area contributed by atoms with Crippen LogP contribution in [0.5, 0.6) is 0 Å². The van der Waals surface area contributed by atoms with E-state index in [2.05, 4.69) is 10.2 Å². The maximum Gasteiger partial charge on any atom is 0.238 e. The molecule has 2 aliphatic rings. The summed E-state index contributed by atoms with van der Waals surface area (Å²) in [6.45, 7) is 8.03. The highest BCUT2D eigenvalue weighted by Crippen LogP contribution is 2.49. The SMILES string of the molecule is Cc1ccc(F)c(NC(=O)CN2CCC3(CC2)CN(S(=O)(=O)Cc2ccccc2)C(C)(C)C3)c1. The second-order valence-electron chi connectivity index (χ2n) is 10.5. The van der Waals surface area contributed by atoms with Crippen molar-refractivity contribution in [2.24, 2.45) is 5.41 Å². The maximum absolute atomic E-state index is 14.0. The Morgan fingerprint density at radius 1 is 1.09 bits per heavy atom. The molecule has 2 aromatic carbocycles. The van der Waals surface area contributed by atoms with Crippen molar-refractivity contribution in [3.63, 3.8) is 0 Å². The van der Waals surface area contributed by atoms with Gasteiger partial charge in [0.05, 0.1) is 18.0 Å². The van der Waals surface area contributed by atoms with Crippen molar-refractivity contribution in [1.29, 1.82) is 0 Å². The van der Waals surface area contributed by atoms with E-state index in [4.69, 9.17) is 0 Å². The molecule has 0 atom stereocenters. The van der Waals surface area contributed by atoms with Gasteiger partial charge in [-0.15, -0.1) is 0 Å². The van der Waals surface area contributed by atoms with Crippen LogP contribution in [-0.4, -0.2) is 55.2 Å². The van der Waals surface area contributed by atoms with Gasteiger partial charge < -0.3 is 5.32 Å². The number of benzene rings is 2. The first-order valence-corrected chi connectivity index (χ1v) is 13.4. The number of aryl methyl sites for hydroxylation is 1. The van der Waals surface area contributed by atoms with Crippen LogP contribution in [0.1, 0.15) is 44.2 Å². The fourth-order valence-electron chi connectivity index (χ4n) is 5.57. The summed E-state index contributed by atoms with van der Waals surface area (Å²) in [6.07, 6.45) is 2.47. The molecule has 2 heterocycles. The highest BCUT2D eigenvalue weighted by atomic mass is 32.2. The minimum Gasteiger partial charge on any atom is -0.322 e. The standard InChI is InChI=1S/C26H34FN3O3S/c1-20-9-10-22(27)23(15-20)28-24(31)16-29-13-11-26(12-14-29)18-25(2,3)30(19-26)34(32,33)17-21-7-5-4-6-8-21/h4-10,15H,11-14,16-19H2,1-3H3,(H,28,31). The molecule has 184 valence electrons. The lowest BCUT2D eigenvalue weighted by Crippen LogP contribution is -2.45. The first-order valence-electron chi connectivity index (χ1n) is 11.8. The van der Waals surface area contributed by atoms with Crippen molar-refractivity contribution in [2.75, 3.05) is 31.5 Å². The van der Waals surface area contributed by atoms with Gasteiger partial charge in [-0.3, -0.25) is 9.69 Å². The Labute approximate surface area is 202 Å². The molecule has 0 bridgehead atoms. The van der Waals surface area contributed by atoms with E-state index < -0.39 is 21.4 Å². The van der Waals surface area contributed by atoms with E-state index in [0.717, 1.165) is 30.4 Å². The second kappa shape index (κ2) is 9.40. The Morgan fingerprint density at radius 3 is 2.44 bits per heavy atom. The largest absolute Gasteiger partial charge is 0.322 e. The summed E-state index contributed by atoms with van der Waals surface area (Å²) in [5, 5.41) is 2.68. The van der Waals surface area contributed by atoms with Gasteiger partial charge in [-0.1, -0.05) is 36.4 Å². The Hall–Kier alpha value is -2.29. The lowest BCUT2D eigenvalue weighted by Gasteiger charge is -2.39. The smallest absolute Gasteiger partial charge is 0.238 e. The van der Waals surface area contributed by atoms with Gasteiger partial charge in [0.2, 0.25) is 15.9 Å². The molecule has 2 aliphatic heterocycles. The zero-order valence-corrected chi connectivity index (χ0v) is 21.0. The molecule has 6 nitrogen and oxygen atoms in total. The van der Waals surface area contributed by atoms with Crippen molar-refractivity contribution in [3.8, 4) is 0 Å². The third-order valence-electron chi connectivity index (χ3n) is 7.17. The number of likely N-dealkylation sites (tertiary alicyclic amines) is 1. The molecule has 0 aliphatic carbocycles. The van der Waals surface area contributed by atoms with Crippen LogP contribution in [0, 0.1) is 18.2 Å². The second-order valence-corrected chi connectivity index (χ2v) is 12.4. The third-order valence-corrected chi connectivity index (χ3v) is 9.16. The molecule has 1 spiro atoms. The zero-order valence-electron chi connectivity index (χ0n) is 20.2. The predicted molar refractivity (Wildman–Crippen MR) is 132 cm³/mol. The van der Waals surface area contributed by atoms with E-state index in [1.165, 1.54) is 6.07 Å². The fraction of sp³-hybridized carbons (Fsp3) is 0.500.